The molecule has 0 bridgehead atoms. The van der Waals surface area contributed by atoms with Gasteiger partial charge in [0.2, 0.25) is 5.90 Å². The minimum Gasteiger partial charge on any atom is -0.475 e. The van der Waals surface area contributed by atoms with Crippen molar-refractivity contribution in [2.45, 2.75) is 116 Å². The van der Waals surface area contributed by atoms with Gasteiger partial charge in [-0.1, -0.05) is 174 Å². The lowest BCUT2D eigenvalue weighted by molar-refractivity contribution is 0.110. The van der Waals surface area contributed by atoms with Crippen LogP contribution in [0.3, 0.4) is 0 Å². The second-order valence-electron chi connectivity index (χ2n) is 19.4. The Morgan fingerprint density at radius 3 is 1.32 bits per heavy atom. The van der Waals surface area contributed by atoms with Gasteiger partial charge in [-0.05, 0) is 68.2 Å². The second-order valence-corrected chi connectivity index (χ2v) is 20.4. The molecule has 6 heteroatoms. The summed E-state index contributed by atoms with van der Waals surface area (Å²) in [6.07, 6.45) is 0. The minimum absolute atomic E-state index is 0.106. The van der Waals surface area contributed by atoms with Crippen LogP contribution in [0.15, 0.2) is 129 Å². The van der Waals surface area contributed by atoms with Crippen molar-refractivity contribution in [2.24, 2.45) is 4.99 Å². The zero-order valence-corrected chi connectivity index (χ0v) is 36.2. The third kappa shape index (κ3) is 7.61. The van der Waals surface area contributed by atoms with E-state index in [1.54, 1.807) is 0 Å². The lowest BCUT2D eigenvalue weighted by Gasteiger charge is -2.36. The predicted molar refractivity (Wildman–Crippen MR) is 234 cm³/mol. The molecule has 7 rings (SSSR count). The molecule has 292 valence electrons. The fraction of sp³-hybridized carbons (Fsp3) is 0.380. The number of hydrogen-bond donors (Lipinski definition) is 0. The van der Waals surface area contributed by atoms with Gasteiger partial charge in [0.1, 0.15) is 23.8 Å². The Hall–Kier alpha value is -4.57. The molecule has 5 aromatic carbocycles. The van der Waals surface area contributed by atoms with Crippen LogP contribution in [-0.4, -0.2) is 18.5 Å². The molecule has 1 aliphatic rings. The van der Waals surface area contributed by atoms with Crippen LogP contribution in [0.5, 0.6) is 0 Å². The average molecular weight is 768 g/mol. The SMILES string of the molecule is CC(C)(C)c1cc(C(C)(C)C)c2op(OC(c3ccccc3)(c3ccccc3)[C@@H]3COC(c4ccccc4)=N3)oc3c(C(C)(C)C)cc(C(C)(C)C)cc3c2c1. The summed E-state index contributed by atoms with van der Waals surface area (Å²) in [7, 11) is -2.12. The summed E-state index contributed by atoms with van der Waals surface area (Å²) < 4.78 is 28.8. The third-order valence-corrected chi connectivity index (χ3v) is 12.0. The van der Waals surface area contributed by atoms with E-state index in [4.69, 9.17) is 22.6 Å². The highest BCUT2D eigenvalue weighted by molar-refractivity contribution is 7.31. The van der Waals surface area contributed by atoms with Gasteiger partial charge in [-0.3, -0.25) is 4.52 Å². The number of fused-ring (bicyclic) bond motifs is 3. The van der Waals surface area contributed by atoms with E-state index in [1.165, 1.54) is 11.1 Å². The Kier molecular flexibility index (Phi) is 10.2. The molecule has 2 heterocycles. The van der Waals surface area contributed by atoms with Crippen LogP contribution in [-0.2, 0) is 32.0 Å². The zero-order valence-electron chi connectivity index (χ0n) is 35.3. The molecule has 1 aromatic heterocycles. The number of nitrogens with zero attached hydrogens (tertiary/aromatic N) is 1. The smallest absolute Gasteiger partial charge is 0.388 e. The zero-order chi connectivity index (χ0) is 40.3. The van der Waals surface area contributed by atoms with Gasteiger partial charge >= 0.3 is 8.24 Å². The van der Waals surface area contributed by atoms with Crippen molar-refractivity contribution in [2.75, 3.05) is 6.61 Å². The van der Waals surface area contributed by atoms with Crippen molar-refractivity contribution in [1.82, 2.24) is 0 Å². The standard InChI is InChI=1S/C50H58NO4P/c1-46(2,3)36-28-38-39-29-37(47(4,5)6)31-41(49(10,11)12)44(39)54-56(53-43(38)40(30-36)48(7,8)9)55-50(34-24-18-14-19-25-34,35-26-20-15-21-27-35)42-32-52-45(51-42)33-22-16-13-17-23-33/h13-31,42H,32H2,1-12H3/t42-/m0/s1. The van der Waals surface area contributed by atoms with Crippen LogP contribution in [0, 0.1) is 0 Å². The highest BCUT2D eigenvalue weighted by Crippen LogP contribution is 2.49. The van der Waals surface area contributed by atoms with Gasteiger partial charge in [-0.25, -0.2) is 4.99 Å². The Morgan fingerprint density at radius 2 is 0.929 bits per heavy atom. The molecule has 6 aromatic rings. The highest BCUT2D eigenvalue weighted by Gasteiger charge is 2.49. The van der Waals surface area contributed by atoms with Gasteiger partial charge in [-0.15, -0.1) is 0 Å². The normalized spacial score (nSPS) is 15.6. The summed E-state index contributed by atoms with van der Waals surface area (Å²) in [5.74, 6) is 0.594. The Bertz CT molecular complexity index is 2290. The Morgan fingerprint density at radius 1 is 0.518 bits per heavy atom. The lowest BCUT2D eigenvalue weighted by Crippen LogP contribution is -2.45. The maximum atomic E-state index is 7.68. The minimum atomic E-state index is -2.12. The summed E-state index contributed by atoms with van der Waals surface area (Å²) in [6, 6.07) is 39.7. The van der Waals surface area contributed by atoms with Crippen molar-refractivity contribution in [1.29, 1.82) is 0 Å². The van der Waals surface area contributed by atoms with Crippen molar-refractivity contribution in [3.63, 3.8) is 0 Å². The summed E-state index contributed by atoms with van der Waals surface area (Å²) in [5.41, 5.74) is 7.26. The Balaban J connectivity index is 1.64. The van der Waals surface area contributed by atoms with Gasteiger partial charge in [0.15, 0.2) is 5.60 Å². The molecule has 0 saturated heterocycles. The van der Waals surface area contributed by atoms with Crippen LogP contribution in [0.1, 0.15) is 122 Å². The average Bonchev–Trinajstić information content (AvgIpc) is 3.58. The molecule has 0 N–H and O–H groups in total. The van der Waals surface area contributed by atoms with Crippen molar-refractivity contribution in [3.05, 3.63) is 154 Å². The lowest BCUT2D eigenvalue weighted by atomic mass is 9.77. The van der Waals surface area contributed by atoms with E-state index in [1.807, 2.05) is 42.5 Å². The topological polar surface area (TPSA) is 57.1 Å². The van der Waals surface area contributed by atoms with Crippen LogP contribution >= 0.6 is 8.24 Å². The molecule has 0 unspecified atom stereocenters. The summed E-state index contributed by atoms with van der Waals surface area (Å²) in [5, 5.41) is 2.06. The van der Waals surface area contributed by atoms with Gasteiger partial charge in [0.05, 0.1) is 0 Å². The number of ether oxygens (including phenoxy) is 1. The largest absolute Gasteiger partial charge is 0.475 e. The first kappa shape index (κ1) is 39.7. The van der Waals surface area contributed by atoms with E-state index >= 15 is 0 Å². The summed E-state index contributed by atoms with van der Waals surface area (Å²) >= 11 is 0. The maximum absolute atomic E-state index is 7.68. The fourth-order valence-electron chi connectivity index (χ4n) is 7.57. The molecule has 0 amide bonds. The summed E-state index contributed by atoms with van der Waals surface area (Å²) in [4.78, 5) is 5.32. The quantitative estimate of drug-likeness (QED) is 0.169. The molecule has 0 radical (unpaired) electrons. The molecule has 1 aliphatic heterocycles. The molecule has 0 aliphatic carbocycles. The van der Waals surface area contributed by atoms with Gasteiger partial charge in [0.25, 0.3) is 0 Å². The summed E-state index contributed by atoms with van der Waals surface area (Å²) in [6.45, 7) is 27.5. The van der Waals surface area contributed by atoms with E-state index in [9.17, 15) is 0 Å². The maximum Gasteiger partial charge on any atom is 0.388 e. The molecule has 56 heavy (non-hydrogen) atoms. The van der Waals surface area contributed by atoms with Crippen LogP contribution in [0.25, 0.3) is 21.9 Å². The molecule has 0 saturated carbocycles. The molecule has 0 spiro atoms. The van der Waals surface area contributed by atoms with Crippen molar-refractivity contribution >= 4 is 36.1 Å². The van der Waals surface area contributed by atoms with E-state index < -0.39 is 19.9 Å². The van der Waals surface area contributed by atoms with E-state index in [0.29, 0.717) is 12.5 Å². The monoisotopic (exact) mass is 767 g/mol. The third-order valence-electron chi connectivity index (χ3n) is 10.9. The number of aliphatic imine (C=N–C) groups is 1. The van der Waals surface area contributed by atoms with Gasteiger partial charge in [0, 0.05) is 27.5 Å². The predicted octanol–water partition coefficient (Wildman–Crippen LogP) is 13.7. The first-order valence-electron chi connectivity index (χ1n) is 19.9. The second kappa shape index (κ2) is 14.4. The highest BCUT2D eigenvalue weighted by atomic mass is 31.1. The van der Waals surface area contributed by atoms with Crippen molar-refractivity contribution < 1.29 is 17.7 Å². The molecule has 5 nitrogen and oxygen atoms in total. The number of rotatable bonds is 6. The van der Waals surface area contributed by atoms with Gasteiger partial charge in [-0.2, -0.15) is 0 Å². The number of benzene rings is 5. The number of hydrogen-bond acceptors (Lipinski definition) is 5. The van der Waals surface area contributed by atoms with Crippen LogP contribution < -0.4 is 4.52 Å². The first-order chi connectivity index (χ1) is 26.3. The molecular formula is C50H58NO4P. The van der Waals surface area contributed by atoms with Crippen molar-refractivity contribution in [3.8, 4) is 0 Å². The molecule has 1 atom stereocenters. The van der Waals surface area contributed by atoms with E-state index in [0.717, 1.165) is 49.8 Å². The van der Waals surface area contributed by atoms with Crippen LogP contribution in [0.2, 0.25) is 0 Å². The fourth-order valence-corrected chi connectivity index (χ4v) is 8.94. The van der Waals surface area contributed by atoms with Crippen LogP contribution in [0.4, 0.5) is 0 Å². The Labute approximate surface area is 334 Å². The molecular weight excluding hydrogens is 710 g/mol. The van der Waals surface area contributed by atoms with E-state index in [2.05, 4.69) is 156 Å². The molecule has 0 fully saturated rings. The first-order valence-corrected chi connectivity index (χ1v) is 21.0. The van der Waals surface area contributed by atoms with Gasteiger partial charge < -0.3 is 13.1 Å². The van der Waals surface area contributed by atoms with E-state index in [-0.39, 0.29) is 21.7 Å².